The predicted octanol–water partition coefficient (Wildman–Crippen LogP) is 1.25. The summed E-state index contributed by atoms with van der Waals surface area (Å²) in [5.41, 5.74) is 2.42. The van der Waals surface area contributed by atoms with E-state index in [4.69, 9.17) is 9.72 Å². The molecule has 1 fully saturated rings. The van der Waals surface area contributed by atoms with Gasteiger partial charge in [0.2, 0.25) is 0 Å². The van der Waals surface area contributed by atoms with Crippen LogP contribution in [0.2, 0.25) is 0 Å². The highest BCUT2D eigenvalue weighted by Crippen LogP contribution is 2.25. The molecule has 0 aliphatic carbocycles. The molecule has 0 bridgehead atoms. The lowest BCUT2D eigenvalue weighted by molar-refractivity contribution is 0.122. The molecule has 1 N–H and O–H groups in total. The van der Waals surface area contributed by atoms with Crippen molar-refractivity contribution in [1.29, 1.82) is 0 Å². The Morgan fingerprint density at radius 1 is 1.19 bits per heavy atom. The number of anilines is 1. The average molecular weight is 282 g/mol. The van der Waals surface area contributed by atoms with E-state index in [2.05, 4.69) is 24.8 Å². The highest BCUT2D eigenvalue weighted by Gasteiger charge is 2.19. The van der Waals surface area contributed by atoms with Gasteiger partial charge in [0.1, 0.15) is 5.52 Å². The van der Waals surface area contributed by atoms with Crippen molar-refractivity contribution in [3.63, 3.8) is 0 Å². The van der Waals surface area contributed by atoms with Crippen LogP contribution in [0, 0.1) is 0 Å². The summed E-state index contributed by atoms with van der Waals surface area (Å²) in [6.45, 7) is 3.05. The van der Waals surface area contributed by atoms with Gasteiger partial charge in [0.05, 0.1) is 19.5 Å². The minimum Gasteiger partial charge on any atom is -0.378 e. The normalized spacial score (nSPS) is 15.5. The van der Waals surface area contributed by atoms with Crippen molar-refractivity contribution in [3.8, 4) is 11.4 Å². The summed E-state index contributed by atoms with van der Waals surface area (Å²) in [5.74, 6) is 1.52. The minimum atomic E-state index is 0.643. The van der Waals surface area contributed by atoms with Crippen LogP contribution in [-0.4, -0.2) is 51.2 Å². The smallest absolute Gasteiger partial charge is 0.183 e. The first-order valence-electron chi connectivity index (χ1n) is 6.86. The average Bonchev–Trinajstić information content (AvgIpc) is 3.04. The number of H-pyrrole nitrogens is 1. The van der Waals surface area contributed by atoms with E-state index >= 15 is 0 Å². The number of pyridine rings is 1. The largest absolute Gasteiger partial charge is 0.378 e. The molecule has 3 aromatic rings. The molecule has 0 radical (unpaired) electrons. The molecule has 7 nitrogen and oxygen atoms in total. The molecular weight excluding hydrogens is 268 g/mol. The Bertz CT molecular complexity index is 751. The monoisotopic (exact) mass is 282 g/mol. The second kappa shape index (κ2) is 5.10. The minimum absolute atomic E-state index is 0.643. The van der Waals surface area contributed by atoms with Gasteiger partial charge in [-0.25, -0.2) is 15.0 Å². The van der Waals surface area contributed by atoms with Crippen molar-refractivity contribution in [1.82, 2.24) is 24.9 Å². The Morgan fingerprint density at radius 2 is 2.10 bits per heavy atom. The molecule has 106 valence electrons. The third-order valence-corrected chi connectivity index (χ3v) is 3.50. The number of fused-ring (bicyclic) bond motifs is 1. The summed E-state index contributed by atoms with van der Waals surface area (Å²) in [6.07, 6.45) is 5.15. The molecule has 0 spiro atoms. The predicted molar refractivity (Wildman–Crippen MR) is 77.9 cm³/mol. The number of hydrogen-bond donors (Lipinski definition) is 1. The quantitative estimate of drug-likeness (QED) is 0.762. The number of hydrogen-bond acceptors (Lipinski definition) is 6. The van der Waals surface area contributed by atoms with Crippen LogP contribution in [0.5, 0.6) is 0 Å². The standard InChI is InChI=1S/C14H14N6O/c1-2-10(8-15-3-1)12-18-13-11(16-9-17-13)14(19-12)20-4-6-21-7-5-20/h1-3,8-9H,4-7H2,(H,16,17,18,19). The Labute approximate surface area is 121 Å². The number of nitrogens with one attached hydrogen (secondary N) is 1. The molecule has 3 aromatic heterocycles. The van der Waals surface area contributed by atoms with Gasteiger partial charge in [-0.1, -0.05) is 0 Å². The van der Waals surface area contributed by atoms with E-state index in [9.17, 15) is 0 Å². The van der Waals surface area contributed by atoms with E-state index in [0.717, 1.165) is 30.0 Å². The third kappa shape index (κ3) is 2.21. The molecule has 0 amide bonds. The lowest BCUT2D eigenvalue weighted by Gasteiger charge is -2.28. The van der Waals surface area contributed by atoms with Crippen LogP contribution in [0.25, 0.3) is 22.6 Å². The van der Waals surface area contributed by atoms with E-state index in [1.54, 1.807) is 18.7 Å². The highest BCUT2D eigenvalue weighted by atomic mass is 16.5. The molecule has 1 saturated heterocycles. The summed E-state index contributed by atoms with van der Waals surface area (Å²) >= 11 is 0. The van der Waals surface area contributed by atoms with Gasteiger partial charge >= 0.3 is 0 Å². The SMILES string of the molecule is c1cncc(-c2nc(N3CCOCC3)c3[nH]cnc3n2)c1. The van der Waals surface area contributed by atoms with Gasteiger partial charge in [-0.15, -0.1) is 0 Å². The molecule has 21 heavy (non-hydrogen) atoms. The summed E-state index contributed by atoms with van der Waals surface area (Å²) in [6, 6.07) is 3.83. The van der Waals surface area contributed by atoms with Crippen LogP contribution < -0.4 is 4.90 Å². The van der Waals surface area contributed by atoms with Crippen molar-refractivity contribution in [3.05, 3.63) is 30.9 Å². The number of aromatic amines is 1. The number of morpholine rings is 1. The molecule has 0 atom stereocenters. The molecule has 7 heteroatoms. The number of imidazole rings is 1. The topological polar surface area (TPSA) is 79.8 Å². The van der Waals surface area contributed by atoms with Crippen LogP contribution in [-0.2, 0) is 4.74 Å². The second-order valence-corrected chi connectivity index (χ2v) is 4.81. The van der Waals surface area contributed by atoms with Gasteiger partial charge in [0.25, 0.3) is 0 Å². The molecule has 4 rings (SSSR count). The van der Waals surface area contributed by atoms with E-state index < -0.39 is 0 Å². The first-order valence-corrected chi connectivity index (χ1v) is 6.86. The van der Waals surface area contributed by atoms with Gasteiger partial charge in [-0.3, -0.25) is 4.98 Å². The van der Waals surface area contributed by atoms with Crippen molar-refractivity contribution in [2.75, 3.05) is 31.2 Å². The maximum Gasteiger partial charge on any atom is 0.183 e. The first kappa shape index (κ1) is 12.2. The van der Waals surface area contributed by atoms with Crippen molar-refractivity contribution >= 4 is 17.0 Å². The van der Waals surface area contributed by atoms with Crippen molar-refractivity contribution in [2.45, 2.75) is 0 Å². The Morgan fingerprint density at radius 3 is 2.90 bits per heavy atom. The van der Waals surface area contributed by atoms with Gasteiger partial charge in [0.15, 0.2) is 17.3 Å². The zero-order chi connectivity index (χ0) is 14.1. The Balaban J connectivity index is 1.86. The molecule has 1 aliphatic heterocycles. The second-order valence-electron chi connectivity index (χ2n) is 4.81. The molecule has 4 heterocycles. The van der Waals surface area contributed by atoms with Crippen molar-refractivity contribution in [2.24, 2.45) is 0 Å². The zero-order valence-electron chi connectivity index (χ0n) is 11.4. The van der Waals surface area contributed by atoms with E-state index in [1.807, 2.05) is 12.1 Å². The van der Waals surface area contributed by atoms with Crippen LogP contribution in [0.15, 0.2) is 30.9 Å². The van der Waals surface area contributed by atoms with Gasteiger partial charge < -0.3 is 14.6 Å². The number of ether oxygens (including phenoxy) is 1. The number of rotatable bonds is 2. The van der Waals surface area contributed by atoms with Crippen molar-refractivity contribution < 1.29 is 4.74 Å². The first-order chi connectivity index (χ1) is 10.4. The van der Waals surface area contributed by atoms with Crippen LogP contribution in [0.1, 0.15) is 0 Å². The number of nitrogens with zero attached hydrogens (tertiary/aromatic N) is 5. The van der Waals surface area contributed by atoms with Crippen LogP contribution in [0.4, 0.5) is 5.82 Å². The maximum atomic E-state index is 5.41. The zero-order valence-corrected chi connectivity index (χ0v) is 11.4. The third-order valence-electron chi connectivity index (χ3n) is 3.50. The van der Waals surface area contributed by atoms with Gasteiger partial charge in [-0.05, 0) is 12.1 Å². The van der Waals surface area contributed by atoms with Crippen LogP contribution in [0.3, 0.4) is 0 Å². The van der Waals surface area contributed by atoms with Gasteiger partial charge in [0, 0.05) is 31.0 Å². The summed E-state index contributed by atoms with van der Waals surface area (Å²) in [4.78, 5) is 23.0. The van der Waals surface area contributed by atoms with Gasteiger partial charge in [-0.2, -0.15) is 0 Å². The maximum absolute atomic E-state index is 5.41. The van der Waals surface area contributed by atoms with E-state index in [-0.39, 0.29) is 0 Å². The van der Waals surface area contributed by atoms with Crippen LogP contribution >= 0.6 is 0 Å². The molecule has 0 aromatic carbocycles. The lowest BCUT2D eigenvalue weighted by Crippen LogP contribution is -2.37. The molecular formula is C14H14N6O. The summed E-state index contributed by atoms with van der Waals surface area (Å²) in [7, 11) is 0. The fourth-order valence-corrected chi connectivity index (χ4v) is 2.45. The highest BCUT2D eigenvalue weighted by molar-refractivity contribution is 5.85. The Kier molecular flexibility index (Phi) is 2.97. The number of aromatic nitrogens is 5. The molecule has 1 aliphatic rings. The molecule has 0 saturated carbocycles. The van der Waals surface area contributed by atoms with E-state index in [1.165, 1.54) is 0 Å². The fourth-order valence-electron chi connectivity index (χ4n) is 2.45. The summed E-state index contributed by atoms with van der Waals surface area (Å²) < 4.78 is 5.41. The van der Waals surface area contributed by atoms with E-state index in [0.29, 0.717) is 24.7 Å². The molecule has 0 unspecified atom stereocenters. The lowest BCUT2D eigenvalue weighted by atomic mass is 10.2. The Hall–Kier alpha value is -2.54. The summed E-state index contributed by atoms with van der Waals surface area (Å²) in [5, 5.41) is 0. The fraction of sp³-hybridized carbons (Fsp3) is 0.286.